The minimum Gasteiger partial charge on any atom is -0.484 e. The largest absolute Gasteiger partial charge is 0.484 e. The van der Waals surface area contributed by atoms with Crippen molar-refractivity contribution in [2.75, 3.05) is 13.2 Å². The standard InChI is InChI=1S/C18H25N3O2/c1-13-6-7-17(10-14(13)2)23-12-18(22)19-8-5-9-21-16(4)11-15(3)20-21/h6-7,10-11H,5,8-9,12H2,1-4H3,(H,19,22). The molecule has 0 bridgehead atoms. The van der Waals surface area contributed by atoms with Crippen LogP contribution in [-0.2, 0) is 11.3 Å². The Morgan fingerprint density at radius 3 is 2.61 bits per heavy atom. The highest BCUT2D eigenvalue weighted by molar-refractivity contribution is 5.77. The van der Waals surface area contributed by atoms with E-state index in [9.17, 15) is 4.79 Å². The smallest absolute Gasteiger partial charge is 0.257 e. The fourth-order valence-electron chi connectivity index (χ4n) is 2.36. The van der Waals surface area contributed by atoms with E-state index in [0.29, 0.717) is 6.54 Å². The van der Waals surface area contributed by atoms with Crippen molar-refractivity contribution in [3.63, 3.8) is 0 Å². The molecule has 0 saturated carbocycles. The molecular formula is C18H25N3O2. The molecule has 2 aromatic rings. The zero-order chi connectivity index (χ0) is 16.8. The first-order valence-electron chi connectivity index (χ1n) is 7.93. The lowest BCUT2D eigenvalue weighted by Crippen LogP contribution is -2.30. The van der Waals surface area contributed by atoms with Gasteiger partial charge in [-0.2, -0.15) is 5.10 Å². The van der Waals surface area contributed by atoms with Gasteiger partial charge >= 0.3 is 0 Å². The topological polar surface area (TPSA) is 56.2 Å². The second kappa shape index (κ2) is 7.81. The molecule has 0 saturated heterocycles. The molecule has 1 N–H and O–H groups in total. The maximum absolute atomic E-state index is 11.8. The van der Waals surface area contributed by atoms with E-state index in [1.54, 1.807) is 0 Å². The van der Waals surface area contributed by atoms with E-state index >= 15 is 0 Å². The molecule has 23 heavy (non-hydrogen) atoms. The van der Waals surface area contributed by atoms with Crippen LogP contribution in [0.1, 0.15) is 28.9 Å². The van der Waals surface area contributed by atoms with Crippen LogP contribution in [0.3, 0.4) is 0 Å². The average molecular weight is 315 g/mol. The Labute approximate surface area is 137 Å². The molecule has 0 atom stereocenters. The number of benzene rings is 1. The predicted octanol–water partition coefficient (Wildman–Crippen LogP) is 2.70. The number of rotatable bonds is 7. The van der Waals surface area contributed by atoms with Gasteiger partial charge in [0, 0.05) is 18.8 Å². The van der Waals surface area contributed by atoms with Crippen LogP contribution in [0.2, 0.25) is 0 Å². The molecule has 0 aliphatic heterocycles. The highest BCUT2D eigenvalue weighted by Crippen LogP contribution is 2.16. The van der Waals surface area contributed by atoms with E-state index in [1.165, 1.54) is 5.56 Å². The van der Waals surface area contributed by atoms with Gasteiger partial charge in [-0.3, -0.25) is 9.48 Å². The van der Waals surface area contributed by atoms with Gasteiger partial charge in [0.25, 0.3) is 5.91 Å². The van der Waals surface area contributed by atoms with Crippen LogP contribution in [0, 0.1) is 27.7 Å². The van der Waals surface area contributed by atoms with E-state index < -0.39 is 0 Å². The Balaban J connectivity index is 1.67. The second-order valence-corrected chi connectivity index (χ2v) is 5.89. The predicted molar refractivity (Wildman–Crippen MR) is 90.7 cm³/mol. The zero-order valence-electron chi connectivity index (χ0n) is 14.3. The van der Waals surface area contributed by atoms with Crippen molar-refractivity contribution in [3.05, 3.63) is 46.8 Å². The Morgan fingerprint density at radius 2 is 1.96 bits per heavy atom. The molecule has 2 rings (SSSR count). The van der Waals surface area contributed by atoms with Crippen molar-refractivity contribution in [2.24, 2.45) is 0 Å². The minimum atomic E-state index is -0.100. The van der Waals surface area contributed by atoms with Gasteiger partial charge in [0.15, 0.2) is 6.61 Å². The quantitative estimate of drug-likeness (QED) is 0.799. The van der Waals surface area contributed by atoms with Crippen molar-refractivity contribution in [1.82, 2.24) is 15.1 Å². The monoisotopic (exact) mass is 315 g/mol. The summed E-state index contributed by atoms with van der Waals surface area (Å²) < 4.78 is 7.48. The first-order valence-corrected chi connectivity index (χ1v) is 7.93. The Bertz CT molecular complexity index is 677. The number of hydrogen-bond acceptors (Lipinski definition) is 3. The van der Waals surface area contributed by atoms with Gasteiger partial charge in [-0.15, -0.1) is 0 Å². The maximum Gasteiger partial charge on any atom is 0.257 e. The van der Waals surface area contributed by atoms with Crippen molar-refractivity contribution < 1.29 is 9.53 Å². The Hall–Kier alpha value is -2.30. The molecule has 0 radical (unpaired) electrons. The van der Waals surface area contributed by atoms with Gasteiger partial charge in [-0.25, -0.2) is 0 Å². The number of aromatic nitrogens is 2. The molecule has 0 fully saturated rings. The van der Waals surface area contributed by atoms with Crippen molar-refractivity contribution in [1.29, 1.82) is 0 Å². The number of hydrogen-bond donors (Lipinski definition) is 1. The van der Waals surface area contributed by atoms with E-state index in [1.807, 2.05) is 43.7 Å². The lowest BCUT2D eigenvalue weighted by molar-refractivity contribution is -0.123. The third kappa shape index (κ3) is 5.13. The first kappa shape index (κ1) is 17.1. The summed E-state index contributed by atoms with van der Waals surface area (Å²) in [6.45, 7) is 9.56. The Kier molecular flexibility index (Phi) is 5.79. The van der Waals surface area contributed by atoms with Crippen molar-refractivity contribution in [2.45, 2.75) is 40.7 Å². The third-order valence-corrected chi connectivity index (χ3v) is 3.82. The molecule has 1 aromatic heterocycles. The summed E-state index contributed by atoms with van der Waals surface area (Å²) in [7, 11) is 0. The van der Waals surface area contributed by atoms with Crippen LogP contribution in [0.15, 0.2) is 24.3 Å². The fourth-order valence-corrected chi connectivity index (χ4v) is 2.36. The summed E-state index contributed by atoms with van der Waals surface area (Å²) in [6.07, 6.45) is 0.845. The second-order valence-electron chi connectivity index (χ2n) is 5.89. The van der Waals surface area contributed by atoms with E-state index in [2.05, 4.69) is 23.4 Å². The number of ether oxygens (including phenoxy) is 1. The molecule has 1 aromatic carbocycles. The molecule has 1 amide bonds. The molecule has 5 nitrogen and oxygen atoms in total. The number of aryl methyl sites for hydroxylation is 5. The van der Waals surface area contributed by atoms with Crippen LogP contribution in [0.4, 0.5) is 0 Å². The van der Waals surface area contributed by atoms with Crippen LogP contribution in [-0.4, -0.2) is 28.8 Å². The molecule has 5 heteroatoms. The highest BCUT2D eigenvalue weighted by Gasteiger charge is 2.04. The molecular weight excluding hydrogens is 290 g/mol. The lowest BCUT2D eigenvalue weighted by Gasteiger charge is -2.09. The average Bonchev–Trinajstić information content (AvgIpc) is 2.83. The van der Waals surface area contributed by atoms with Crippen LogP contribution >= 0.6 is 0 Å². The van der Waals surface area contributed by atoms with Crippen molar-refractivity contribution >= 4 is 5.91 Å². The van der Waals surface area contributed by atoms with Gasteiger partial charge in [-0.1, -0.05) is 6.07 Å². The molecule has 0 spiro atoms. The van der Waals surface area contributed by atoms with Crippen LogP contribution in [0.25, 0.3) is 0 Å². The van der Waals surface area contributed by atoms with Crippen molar-refractivity contribution in [3.8, 4) is 5.75 Å². The minimum absolute atomic E-state index is 0.0441. The normalized spacial score (nSPS) is 10.6. The van der Waals surface area contributed by atoms with Crippen LogP contribution < -0.4 is 10.1 Å². The van der Waals surface area contributed by atoms with Crippen LogP contribution in [0.5, 0.6) is 5.75 Å². The third-order valence-electron chi connectivity index (χ3n) is 3.82. The number of carbonyl (C=O) groups is 1. The van der Waals surface area contributed by atoms with Gasteiger partial charge in [0.2, 0.25) is 0 Å². The van der Waals surface area contributed by atoms with E-state index in [4.69, 9.17) is 4.74 Å². The lowest BCUT2D eigenvalue weighted by atomic mass is 10.1. The fraction of sp³-hybridized carbons (Fsp3) is 0.444. The molecule has 0 aliphatic rings. The van der Waals surface area contributed by atoms with Gasteiger partial charge < -0.3 is 10.1 Å². The summed E-state index contributed by atoms with van der Waals surface area (Å²) in [5.41, 5.74) is 4.54. The van der Waals surface area contributed by atoms with Gasteiger partial charge in [0.05, 0.1) is 5.69 Å². The molecule has 0 aliphatic carbocycles. The summed E-state index contributed by atoms with van der Waals surface area (Å²) in [6, 6.07) is 7.89. The summed E-state index contributed by atoms with van der Waals surface area (Å²) in [5, 5.41) is 7.27. The number of nitrogens with zero attached hydrogens (tertiary/aromatic N) is 2. The van der Waals surface area contributed by atoms with Gasteiger partial charge in [0.1, 0.15) is 5.75 Å². The number of carbonyl (C=O) groups excluding carboxylic acids is 1. The highest BCUT2D eigenvalue weighted by atomic mass is 16.5. The number of amides is 1. The summed E-state index contributed by atoms with van der Waals surface area (Å²) >= 11 is 0. The summed E-state index contributed by atoms with van der Waals surface area (Å²) in [4.78, 5) is 11.8. The maximum atomic E-state index is 11.8. The van der Waals surface area contributed by atoms with Gasteiger partial charge in [-0.05, 0) is 63.4 Å². The number of nitrogens with one attached hydrogen (secondary N) is 1. The summed E-state index contributed by atoms with van der Waals surface area (Å²) in [5.74, 6) is 0.627. The molecule has 124 valence electrons. The zero-order valence-corrected chi connectivity index (χ0v) is 14.3. The first-order chi connectivity index (χ1) is 11.0. The molecule has 0 unspecified atom stereocenters. The van der Waals surface area contributed by atoms with E-state index in [0.717, 1.165) is 35.7 Å². The SMILES string of the molecule is Cc1cc(C)n(CCCNC(=O)COc2ccc(C)c(C)c2)n1. The Morgan fingerprint density at radius 1 is 1.17 bits per heavy atom. The van der Waals surface area contributed by atoms with E-state index in [-0.39, 0.29) is 12.5 Å². The molecule has 1 heterocycles.